The minimum Gasteiger partial charge on any atom is -0.490 e. The van der Waals surface area contributed by atoms with Crippen molar-refractivity contribution < 1.29 is 23.9 Å². The quantitative estimate of drug-likeness (QED) is 0.275. The molecule has 0 amide bonds. The molecule has 1 unspecified atom stereocenters. The van der Waals surface area contributed by atoms with Gasteiger partial charge in [-0.25, -0.2) is 9.79 Å². The van der Waals surface area contributed by atoms with E-state index in [0.29, 0.717) is 29.2 Å². The number of aliphatic imine (C=N–C) groups is 1. The predicted octanol–water partition coefficient (Wildman–Crippen LogP) is 4.52. The molecule has 2 aromatic carbocycles. The molecule has 30 heavy (non-hydrogen) atoms. The molecule has 0 radical (unpaired) electrons. The average molecular weight is 410 g/mol. The van der Waals surface area contributed by atoms with Crippen LogP contribution in [0.2, 0.25) is 0 Å². The van der Waals surface area contributed by atoms with Gasteiger partial charge < -0.3 is 14.2 Å². The van der Waals surface area contributed by atoms with Crippen LogP contribution in [0.1, 0.15) is 38.3 Å². The van der Waals surface area contributed by atoms with Crippen LogP contribution in [-0.4, -0.2) is 29.5 Å². The van der Waals surface area contributed by atoms with Gasteiger partial charge in [-0.15, -0.1) is 0 Å². The number of benzene rings is 2. The Hall–Kier alpha value is -3.68. The van der Waals surface area contributed by atoms with Gasteiger partial charge in [-0.2, -0.15) is 0 Å². The Bertz CT molecular complexity index is 1010. The first-order valence-corrected chi connectivity index (χ1v) is 9.62. The first kappa shape index (κ1) is 21.0. The van der Waals surface area contributed by atoms with E-state index >= 15 is 0 Å². The second kappa shape index (κ2) is 9.21. The van der Waals surface area contributed by atoms with Gasteiger partial charge in [0.15, 0.2) is 17.2 Å². The lowest BCUT2D eigenvalue weighted by Gasteiger charge is -2.16. The highest BCUT2D eigenvalue weighted by Crippen LogP contribution is 2.31. The molecule has 2 aromatic rings. The van der Waals surface area contributed by atoms with Gasteiger partial charge in [0, 0.05) is 17.7 Å². The zero-order valence-electron chi connectivity index (χ0n) is 17.0. The number of cyclic esters (lactones) is 1. The maximum Gasteiger partial charge on any atom is 0.363 e. The number of esters is 1. The van der Waals surface area contributed by atoms with E-state index in [1.54, 1.807) is 24.3 Å². The zero-order chi connectivity index (χ0) is 21.7. The Labute approximate surface area is 173 Å². The summed E-state index contributed by atoms with van der Waals surface area (Å²) in [5, 5.41) is 10.8. The summed E-state index contributed by atoms with van der Waals surface area (Å²) in [5.74, 6) is 0.722. The molecule has 1 aliphatic rings. The van der Waals surface area contributed by atoms with Crippen molar-refractivity contribution in [3.8, 4) is 11.5 Å². The van der Waals surface area contributed by atoms with Gasteiger partial charge in [0.25, 0.3) is 5.69 Å². The van der Waals surface area contributed by atoms with Crippen LogP contribution in [-0.2, 0) is 9.53 Å². The summed E-state index contributed by atoms with van der Waals surface area (Å²) in [6.45, 7) is 6.37. The zero-order valence-corrected chi connectivity index (χ0v) is 17.0. The molecule has 0 N–H and O–H groups in total. The van der Waals surface area contributed by atoms with E-state index in [2.05, 4.69) is 4.99 Å². The Morgan fingerprint density at radius 2 is 1.90 bits per heavy atom. The fraction of sp³-hybridized carbons (Fsp3) is 0.273. The molecular weight excluding hydrogens is 388 g/mol. The summed E-state index contributed by atoms with van der Waals surface area (Å²) < 4.78 is 16.8. The number of nitro groups is 1. The molecule has 0 bridgehead atoms. The summed E-state index contributed by atoms with van der Waals surface area (Å²) in [7, 11) is 0. The second-order valence-electron chi connectivity index (χ2n) is 6.62. The molecule has 156 valence electrons. The monoisotopic (exact) mass is 410 g/mol. The van der Waals surface area contributed by atoms with E-state index in [9.17, 15) is 14.9 Å². The van der Waals surface area contributed by atoms with Crippen LogP contribution in [0.3, 0.4) is 0 Å². The van der Waals surface area contributed by atoms with Crippen molar-refractivity contribution in [1.29, 1.82) is 0 Å². The molecule has 0 saturated carbocycles. The Morgan fingerprint density at radius 3 is 2.53 bits per heavy atom. The summed E-state index contributed by atoms with van der Waals surface area (Å²) in [6, 6.07) is 11.0. The van der Waals surface area contributed by atoms with Gasteiger partial charge >= 0.3 is 5.97 Å². The molecule has 1 atom stereocenters. The number of nitro benzene ring substituents is 1. The predicted molar refractivity (Wildman–Crippen MR) is 112 cm³/mol. The topological polar surface area (TPSA) is 100 Å². The largest absolute Gasteiger partial charge is 0.490 e. The van der Waals surface area contributed by atoms with Crippen LogP contribution in [0.15, 0.2) is 53.2 Å². The third kappa shape index (κ3) is 4.83. The van der Waals surface area contributed by atoms with Gasteiger partial charge in [0.05, 0.1) is 17.6 Å². The lowest BCUT2D eigenvalue weighted by atomic mass is 10.1. The van der Waals surface area contributed by atoms with Gasteiger partial charge in [0.2, 0.25) is 5.90 Å². The number of hydrogen-bond donors (Lipinski definition) is 0. The van der Waals surface area contributed by atoms with Crippen molar-refractivity contribution in [1.82, 2.24) is 0 Å². The van der Waals surface area contributed by atoms with E-state index in [-0.39, 0.29) is 23.4 Å². The minimum absolute atomic E-state index is 0.0482. The van der Waals surface area contributed by atoms with Crippen LogP contribution < -0.4 is 9.47 Å². The van der Waals surface area contributed by atoms with Crippen molar-refractivity contribution in [3.63, 3.8) is 0 Å². The summed E-state index contributed by atoms with van der Waals surface area (Å²) in [6.07, 6.45) is 2.51. The molecule has 8 nitrogen and oxygen atoms in total. The van der Waals surface area contributed by atoms with E-state index in [4.69, 9.17) is 14.2 Å². The average Bonchev–Trinajstić information content (AvgIpc) is 3.10. The Balaban J connectivity index is 1.87. The minimum atomic E-state index is -0.596. The third-order valence-corrected chi connectivity index (χ3v) is 4.42. The smallest absolute Gasteiger partial charge is 0.363 e. The molecule has 0 aliphatic carbocycles. The first-order valence-electron chi connectivity index (χ1n) is 9.62. The first-order chi connectivity index (χ1) is 14.4. The van der Waals surface area contributed by atoms with Crippen molar-refractivity contribution in [2.75, 3.05) is 6.61 Å². The molecule has 0 saturated heterocycles. The van der Waals surface area contributed by atoms with Crippen molar-refractivity contribution >= 4 is 23.6 Å². The third-order valence-electron chi connectivity index (χ3n) is 4.42. The Kier molecular flexibility index (Phi) is 6.46. The maximum atomic E-state index is 12.2. The standard InChI is InChI=1S/C22H22N2O6/c1-4-14(3)29-19-11-6-15(13-20(19)28-5-2)12-18-22(25)30-21(23-18)16-7-9-17(10-8-16)24(26)27/h6-14H,4-5H2,1-3H3/b18-12-. The summed E-state index contributed by atoms with van der Waals surface area (Å²) in [4.78, 5) is 26.7. The van der Waals surface area contributed by atoms with Crippen molar-refractivity contribution in [2.24, 2.45) is 4.99 Å². The highest BCUT2D eigenvalue weighted by molar-refractivity contribution is 6.12. The molecule has 0 fully saturated rings. The number of non-ortho nitro benzene ring substituents is 1. The Morgan fingerprint density at radius 1 is 1.17 bits per heavy atom. The van der Waals surface area contributed by atoms with Crippen LogP contribution in [0.25, 0.3) is 6.08 Å². The number of hydrogen-bond acceptors (Lipinski definition) is 7. The number of rotatable bonds is 8. The maximum absolute atomic E-state index is 12.2. The molecular formula is C22H22N2O6. The van der Waals surface area contributed by atoms with Crippen LogP contribution in [0.5, 0.6) is 11.5 Å². The van der Waals surface area contributed by atoms with Crippen LogP contribution >= 0.6 is 0 Å². The summed E-state index contributed by atoms with van der Waals surface area (Å²) in [5.41, 5.74) is 1.25. The lowest BCUT2D eigenvalue weighted by molar-refractivity contribution is -0.384. The number of carbonyl (C=O) groups excluding carboxylic acids is 1. The van der Waals surface area contributed by atoms with Crippen molar-refractivity contribution in [2.45, 2.75) is 33.3 Å². The normalized spacial score (nSPS) is 15.5. The van der Waals surface area contributed by atoms with Crippen molar-refractivity contribution in [3.05, 3.63) is 69.4 Å². The van der Waals surface area contributed by atoms with Crippen LogP contribution in [0, 0.1) is 10.1 Å². The fourth-order valence-corrected chi connectivity index (χ4v) is 2.70. The summed E-state index contributed by atoms with van der Waals surface area (Å²) >= 11 is 0. The number of carbonyl (C=O) groups is 1. The van der Waals surface area contributed by atoms with E-state index in [1.807, 2.05) is 20.8 Å². The van der Waals surface area contributed by atoms with Gasteiger partial charge in [-0.1, -0.05) is 13.0 Å². The van der Waals surface area contributed by atoms with Gasteiger partial charge in [-0.3, -0.25) is 10.1 Å². The fourth-order valence-electron chi connectivity index (χ4n) is 2.70. The SMILES string of the molecule is CCOc1cc(/C=C2\N=C(c3ccc([N+](=O)[O-])cc3)OC2=O)ccc1OC(C)CC. The highest BCUT2D eigenvalue weighted by atomic mass is 16.6. The molecule has 0 aromatic heterocycles. The lowest BCUT2D eigenvalue weighted by Crippen LogP contribution is -2.10. The van der Waals surface area contributed by atoms with E-state index in [0.717, 1.165) is 6.42 Å². The van der Waals surface area contributed by atoms with Gasteiger partial charge in [0.1, 0.15) is 0 Å². The van der Waals surface area contributed by atoms with Gasteiger partial charge in [-0.05, 0) is 56.2 Å². The van der Waals surface area contributed by atoms with Crippen LogP contribution in [0.4, 0.5) is 5.69 Å². The second-order valence-corrected chi connectivity index (χ2v) is 6.62. The molecule has 0 spiro atoms. The number of nitrogens with zero attached hydrogens (tertiary/aromatic N) is 2. The van der Waals surface area contributed by atoms with E-state index in [1.165, 1.54) is 24.3 Å². The highest BCUT2D eigenvalue weighted by Gasteiger charge is 2.24. The molecule has 3 rings (SSSR count). The number of ether oxygens (including phenoxy) is 3. The molecule has 1 heterocycles. The molecule has 8 heteroatoms. The molecule has 1 aliphatic heterocycles. The van der Waals surface area contributed by atoms with E-state index < -0.39 is 10.9 Å².